The zero-order chi connectivity index (χ0) is 18.0. The Morgan fingerprint density at radius 1 is 1.28 bits per heavy atom. The van der Waals surface area contributed by atoms with Crippen molar-refractivity contribution in [3.63, 3.8) is 0 Å². The first-order chi connectivity index (χ1) is 11.9. The van der Waals surface area contributed by atoms with E-state index in [1.54, 1.807) is 15.6 Å². The van der Waals surface area contributed by atoms with Crippen molar-refractivity contribution in [3.05, 3.63) is 41.6 Å². The summed E-state index contributed by atoms with van der Waals surface area (Å²) >= 11 is 0. The molecule has 1 aromatic heterocycles. The predicted octanol–water partition coefficient (Wildman–Crippen LogP) is 1.98. The smallest absolute Gasteiger partial charge is 0.320 e. The molecule has 0 saturated carbocycles. The summed E-state index contributed by atoms with van der Waals surface area (Å²) in [4.78, 5) is 25.3. The fourth-order valence-electron chi connectivity index (χ4n) is 3.13. The number of anilines is 1. The molecule has 2 heterocycles. The molecule has 1 atom stereocenters. The van der Waals surface area contributed by atoms with Crippen LogP contribution in [0.2, 0.25) is 0 Å². The topological polar surface area (TPSA) is 87.5 Å². The number of aromatic nitrogens is 2. The van der Waals surface area contributed by atoms with E-state index in [4.69, 9.17) is 0 Å². The molecule has 1 saturated heterocycles. The third-order valence-electron chi connectivity index (χ3n) is 4.37. The van der Waals surface area contributed by atoms with Crippen molar-refractivity contribution in [2.75, 3.05) is 18.4 Å². The first-order valence-electron chi connectivity index (χ1n) is 8.34. The summed E-state index contributed by atoms with van der Waals surface area (Å²) in [7, 11) is 0. The van der Waals surface area contributed by atoms with E-state index in [0.29, 0.717) is 18.8 Å². The largest absolute Gasteiger partial charge is 0.480 e. The van der Waals surface area contributed by atoms with Gasteiger partial charge in [0.1, 0.15) is 11.9 Å². The van der Waals surface area contributed by atoms with Gasteiger partial charge in [-0.15, -0.1) is 0 Å². The second kappa shape index (κ2) is 7.06. The first-order valence-corrected chi connectivity index (χ1v) is 8.34. The summed E-state index contributed by atoms with van der Waals surface area (Å²) < 4.78 is 1.69. The van der Waals surface area contributed by atoms with Gasteiger partial charge >= 0.3 is 5.97 Å². The number of amides is 1. The molecule has 7 heteroatoms. The van der Waals surface area contributed by atoms with Gasteiger partial charge in [0, 0.05) is 6.07 Å². The van der Waals surface area contributed by atoms with Crippen molar-refractivity contribution in [2.45, 2.75) is 32.7 Å². The second-order valence-electron chi connectivity index (χ2n) is 6.43. The highest BCUT2D eigenvalue weighted by atomic mass is 16.4. The van der Waals surface area contributed by atoms with Gasteiger partial charge in [-0.25, -0.2) is 4.68 Å². The third kappa shape index (κ3) is 3.88. The van der Waals surface area contributed by atoms with Crippen LogP contribution >= 0.6 is 0 Å². The highest BCUT2D eigenvalue weighted by molar-refractivity contribution is 5.92. The molecule has 25 heavy (non-hydrogen) atoms. The SMILES string of the molecule is Cc1ccc(-n2nc(C)cc2NC(=O)CN2CCC[C@@H]2C(=O)O)cc1. The molecule has 2 aromatic rings. The molecule has 0 aliphatic carbocycles. The van der Waals surface area contributed by atoms with Crippen LogP contribution in [-0.2, 0) is 9.59 Å². The van der Waals surface area contributed by atoms with Gasteiger partial charge in [-0.1, -0.05) is 17.7 Å². The third-order valence-corrected chi connectivity index (χ3v) is 4.37. The standard InChI is InChI=1S/C18H22N4O3/c1-12-5-7-14(8-6-12)22-16(10-13(2)20-22)19-17(23)11-21-9-3-4-15(21)18(24)25/h5-8,10,15H,3-4,9,11H2,1-2H3,(H,19,23)(H,24,25)/t15-/m1/s1. The van der Waals surface area contributed by atoms with Gasteiger partial charge in [0.2, 0.25) is 5.91 Å². The molecule has 1 fully saturated rings. The van der Waals surface area contributed by atoms with Gasteiger partial charge in [0.05, 0.1) is 17.9 Å². The molecule has 7 nitrogen and oxygen atoms in total. The van der Waals surface area contributed by atoms with E-state index < -0.39 is 12.0 Å². The number of aryl methyl sites for hydroxylation is 2. The van der Waals surface area contributed by atoms with Gasteiger partial charge in [-0.05, 0) is 45.4 Å². The van der Waals surface area contributed by atoms with E-state index in [9.17, 15) is 14.7 Å². The number of rotatable bonds is 5. The number of carbonyl (C=O) groups is 2. The quantitative estimate of drug-likeness (QED) is 0.867. The molecule has 1 aliphatic heterocycles. The zero-order valence-corrected chi connectivity index (χ0v) is 14.4. The van der Waals surface area contributed by atoms with Crippen molar-refractivity contribution >= 4 is 17.7 Å². The molecule has 2 N–H and O–H groups in total. The van der Waals surface area contributed by atoms with E-state index in [-0.39, 0.29) is 12.5 Å². The Balaban J connectivity index is 1.73. The lowest BCUT2D eigenvalue weighted by Gasteiger charge is -2.20. The van der Waals surface area contributed by atoms with Gasteiger partial charge in [0.25, 0.3) is 0 Å². The summed E-state index contributed by atoms with van der Waals surface area (Å²) in [6, 6.07) is 9.08. The summed E-state index contributed by atoms with van der Waals surface area (Å²) in [5.74, 6) is -0.523. The van der Waals surface area contributed by atoms with Crippen LogP contribution in [0.4, 0.5) is 5.82 Å². The minimum atomic E-state index is -0.870. The van der Waals surface area contributed by atoms with Crippen LogP contribution in [0.25, 0.3) is 5.69 Å². The van der Waals surface area contributed by atoms with Gasteiger partial charge in [0.15, 0.2) is 0 Å². The fourth-order valence-corrected chi connectivity index (χ4v) is 3.13. The van der Waals surface area contributed by atoms with Crippen molar-refractivity contribution in [3.8, 4) is 5.69 Å². The number of hydrogen-bond acceptors (Lipinski definition) is 4. The molecule has 0 unspecified atom stereocenters. The monoisotopic (exact) mass is 342 g/mol. The normalized spacial score (nSPS) is 17.6. The van der Waals surface area contributed by atoms with Crippen LogP contribution < -0.4 is 5.32 Å². The lowest BCUT2D eigenvalue weighted by molar-refractivity contribution is -0.142. The van der Waals surface area contributed by atoms with Gasteiger partial charge in [-0.3, -0.25) is 14.5 Å². The molecular weight excluding hydrogens is 320 g/mol. The molecule has 0 bridgehead atoms. The highest BCUT2D eigenvalue weighted by Crippen LogP contribution is 2.19. The molecule has 132 valence electrons. The number of benzene rings is 1. The Hall–Kier alpha value is -2.67. The first kappa shape index (κ1) is 17.2. The van der Waals surface area contributed by atoms with Crippen LogP contribution in [0.5, 0.6) is 0 Å². The molecule has 1 aliphatic rings. The van der Waals surface area contributed by atoms with E-state index in [1.807, 2.05) is 38.1 Å². The van der Waals surface area contributed by atoms with E-state index in [0.717, 1.165) is 23.4 Å². The molecule has 1 amide bonds. The summed E-state index contributed by atoms with van der Waals surface area (Å²) in [6.45, 7) is 4.56. The van der Waals surface area contributed by atoms with Crippen molar-refractivity contribution < 1.29 is 14.7 Å². The molecule has 3 rings (SSSR count). The molecular formula is C18H22N4O3. The average Bonchev–Trinajstić information content (AvgIpc) is 3.15. The Kier molecular flexibility index (Phi) is 4.85. The maximum absolute atomic E-state index is 12.4. The van der Waals surface area contributed by atoms with E-state index in [1.165, 1.54) is 0 Å². The van der Waals surface area contributed by atoms with E-state index >= 15 is 0 Å². The second-order valence-corrected chi connectivity index (χ2v) is 6.43. The minimum Gasteiger partial charge on any atom is -0.480 e. The molecule has 1 aromatic carbocycles. The fraction of sp³-hybridized carbons (Fsp3) is 0.389. The lowest BCUT2D eigenvalue weighted by atomic mass is 10.2. The van der Waals surface area contributed by atoms with Crippen LogP contribution in [0.1, 0.15) is 24.1 Å². The number of likely N-dealkylation sites (tertiary alicyclic amines) is 1. The Morgan fingerprint density at radius 3 is 2.68 bits per heavy atom. The maximum Gasteiger partial charge on any atom is 0.320 e. The van der Waals surface area contributed by atoms with Crippen molar-refractivity contribution in [2.24, 2.45) is 0 Å². The number of hydrogen-bond donors (Lipinski definition) is 2. The van der Waals surface area contributed by atoms with Crippen molar-refractivity contribution in [1.82, 2.24) is 14.7 Å². The summed E-state index contributed by atoms with van der Waals surface area (Å²) in [6.07, 6.45) is 1.38. The minimum absolute atomic E-state index is 0.0646. The lowest BCUT2D eigenvalue weighted by Crippen LogP contribution is -2.41. The predicted molar refractivity (Wildman–Crippen MR) is 93.9 cm³/mol. The Bertz CT molecular complexity index is 782. The van der Waals surface area contributed by atoms with Gasteiger partial charge < -0.3 is 10.4 Å². The van der Waals surface area contributed by atoms with Gasteiger partial charge in [-0.2, -0.15) is 5.10 Å². The highest BCUT2D eigenvalue weighted by Gasteiger charge is 2.31. The van der Waals surface area contributed by atoms with E-state index in [2.05, 4.69) is 10.4 Å². The molecule has 0 spiro atoms. The summed E-state index contributed by atoms with van der Waals surface area (Å²) in [5, 5.41) is 16.5. The Morgan fingerprint density at radius 2 is 2.00 bits per heavy atom. The van der Waals surface area contributed by atoms with Crippen molar-refractivity contribution in [1.29, 1.82) is 0 Å². The molecule has 0 radical (unpaired) electrons. The number of carbonyl (C=O) groups excluding carboxylic acids is 1. The Labute approximate surface area is 146 Å². The maximum atomic E-state index is 12.4. The van der Waals surface area contributed by atoms with Crippen LogP contribution in [0.3, 0.4) is 0 Å². The number of aliphatic carboxylic acids is 1. The van der Waals surface area contributed by atoms with Crippen LogP contribution in [0.15, 0.2) is 30.3 Å². The average molecular weight is 342 g/mol. The number of nitrogens with one attached hydrogen (secondary N) is 1. The number of carboxylic acids is 1. The van der Waals surface area contributed by atoms with Crippen LogP contribution in [0, 0.1) is 13.8 Å². The zero-order valence-electron chi connectivity index (χ0n) is 14.4. The number of nitrogens with zero attached hydrogens (tertiary/aromatic N) is 3. The number of carboxylic acid groups (broad SMARTS) is 1. The van der Waals surface area contributed by atoms with Crippen LogP contribution in [-0.4, -0.2) is 50.8 Å². The summed E-state index contributed by atoms with van der Waals surface area (Å²) in [5.41, 5.74) is 2.80.